The number of carbonyl (C=O) groups excluding carboxylic acids is 1. The number of carbonyl (C=O) groups is 1. The summed E-state index contributed by atoms with van der Waals surface area (Å²) in [4.78, 5) is 28.5. The Morgan fingerprint density at radius 2 is 1.94 bits per heavy atom. The van der Waals surface area contributed by atoms with Crippen LogP contribution in [0.2, 0.25) is 0 Å². The fraction of sp³-hybridized carbons (Fsp3) is 0.333. The van der Waals surface area contributed by atoms with Crippen molar-refractivity contribution in [3.05, 3.63) is 58.1 Å². The Balaban J connectivity index is 1.66. The maximum Gasteiger partial charge on any atom is 0.419 e. The number of anilines is 1. The van der Waals surface area contributed by atoms with Crippen molar-refractivity contribution in [1.82, 2.24) is 19.5 Å². The summed E-state index contributed by atoms with van der Waals surface area (Å²) in [6, 6.07) is 9.55. The molecular weight excluding hydrogens is 418 g/mol. The van der Waals surface area contributed by atoms with Gasteiger partial charge in [-0.25, -0.2) is 19.2 Å². The monoisotopic (exact) mass is 443 g/mol. The van der Waals surface area contributed by atoms with Crippen LogP contribution in [0, 0.1) is 0 Å². The molecule has 3 rings (SSSR count). The van der Waals surface area contributed by atoms with E-state index in [-0.39, 0.29) is 5.56 Å². The molecule has 0 fully saturated rings. The predicted octanol–water partition coefficient (Wildman–Crippen LogP) is 3.43. The third kappa shape index (κ3) is 5.88. The van der Waals surface area contributed by atoms with Crippen LogP contribution in [0.15, 0.2) is 41.3 Å². The van der Waals surface area contributed by atoms with Crippen LogP contribution >= 0.6 is 12.1 Å². The first-order chi connectivity index (χ1) is 14.7. The molecule has 0 saturated heterocycles. The first-order valence-electron chi connectivity index (χ1n) is 9.56. The second-order valence-corrected chi connectivity index (χ2v) is 8.45. The minimum absolute atomic E-state index is 0.249. The average molecular weight is 444 g/mol. The molecule has 0 radical (unpaired) electrons. The number of nitrogens with zero attached hydrogens (tertiary/aromatic N) is 3. The predicted molar refractivity (Wildman–Crippen MR) is 121 cm³/mol. The van der Waals surface area contributed by atoms with E-state index >= 15 is 0 Å². The number of hydrogen-bond donors (Lipinski definition) is 2. The van der Waals surface area contributed by atoms with Gasteiger partial charge in [0, 0.05) is 30.2 Å². The van der Waals surface area contributed by atoms with E-state index in [1.165, 1.54) is 11.8 Å². The van der Waals surface area contributed by atoms with Gasteiger partial charge in [-0.1, -0.05) is 12.1 Å². The van der Waals surface area contributed by atoms with Gasteiger partial charge in [0.15, 0.2) is 0 Å². The van der Waals surface area contributed by atoms with Gasteiger partial charge in [-0.05, 0) is 44.5 Å². The number of hydrogen-bond acceptors (Lipinski definition) is 8. The maximum absolute atomic E-state index is 12.3. The third-order valence-electron chi connectivity index (χ3n) is 4.18. The maximum atomic E-state index is 12.3. The zero-order chi connectivity index (χ0) is 22.6. The molecular formula is C21H25N5O4S. The number of pyridine rings is 1. The topological polar surface area (TPSA) is 107 Å². The molecule has 0 saturated carbocycles. The van der Waals surface area contributed by atoms with Gasteiger partial charge in [-0.15, -0.1) is 0 Å². The summed E-state index contributed by atoms with van der Waals surface area (Å²) in [6.45, 7) is 5.42. The van der Waals surface area contributed by atoms with E-state index in [0.717, 1.165) is 29.1 Å². The average Bonchev–Trinajstić information content (AvgIpc) is 2.70. The first-order valence-corrected chi connectivity index (χ1v) is 10.4. The summed E-state index contributed by atoms with van der Waals surface area (Å²) >= 11 is 1.03. The molecule has 0 aliphatic carbocycles. The highest BCUT2D eigenvalue weighted by molar-refractivity contribution is 7.99. The Hall–Kier alpha value is -3.27. The molecule has 0 aliphatic heterocycles. The zero-order valence-corrected chi connectivity index (χ0v) is 18.9. The van der Waals surface area contributed by atoms with E-state index < -0.39 is 11.7 Å². The van der Waals surface area contributed by atoms with E-state index in [1.54, 1.807) is 34.0 Å². The number of amides is 1. The van der Waals surface area contributed by atoms with Crippen molar-refractivity contribution >= 4 is 34.7 Å². The molecule has 0 bridgehead atoms. The highest BCUT2D eigenvalue weighted by Gasteiger charge is 2.16. The molecule has 0 aliphatic rings. The second kappa shape index (κ2) is 9.25. The van der Waals surface area contributed by atoms with Gasteiger partial charge in [0.2, 0.25) is 5.88 Å². The summed E-state index contributed by atoms with van der Waals surface area (Å²) in [6.07, 6.45) is 1.68. The van der Waals surface area contributed by atoms with Crippen LogP contribution in [0.5, 0.6) is 5.88 Å². The van der Waals surface area contributed by atoms with Crippen LogP contribution < -0.4 is 19.7 Å². The lowest BCUT2D eigenvalue weighted by molar-refractivity contribution is 0.0575. The number of nitrogens with one attached hydrogen (secondary N) is 2. The van der Waals surface area contributed by atoms with Crippen molar-refractivity contribution < 1.29 is 14.3 Å². The lowest BCUT2D eigenvalue weighted by Gasteiger charge is -2.19. The number of benzene rings is 1. The Labute approximate surface area is 184 Å². The summed E-state index contributed by atoms with van der Waals surface area (Å²) < 4.78 is 17.4. The summed E-state index contributed by atoms with van der Waals surface area (Å²) in [5, 5.41) is 5.18. The number of aromatic nitrogens is 3. The van der Waals surface area contributed by atoms with Crippen LogP contribution in [-0.2, 0) is 18.2 Å². The molecule has 3 aromatic rings. The van der Waals surface area contributed by atoms with Gasteiger partial charge in [0.1, 0.15) is 11.0 Å². The molecule has 1 aromatic carbocycles. The number of rotatable bonds is 6. The largest absolute Gasteiger partial charge is 0.480 e. The van der Waals surface area contributed by atoms with Crippen LogP contribution in [0.25, 0.3) is 10.8 Å². The first kappa shape index (κ1) is 22.4. The minimum Gasteiger partial charge on any atom is -0.480 e. The SMILES string of the molecule is COc1nc(Cc2ccc(NSNC(=O)OC(C)(C)C)cc2)cc2cnn(C)c(=O)c12. The van der Waals surface area contributed by atoms with Gasteiger partial charge in [0.25, 0.3) is 5.56 Å². The van der Waals surface area contributed by atoms with E-state index in [2.05, 4.69) is 19.5 Å². The van der Waals surface area contributed by atoms with Gasteiger partial charge in [0.05, 0.1) is 25.4 Å². The molecule has 2 aromatic heterocycles. The molecule has 2 heterocycles. The molecule has 31 heavy (non-hydrogen) atoms. The van der Waals surface area contributed by atoms with Crippen molar-refractivity contribution in [1.29, 1.82) is 0 Å². The number of fused-ring (bicyclic) bond motifs is 1. The van der Waals surface area contributed by atoms with Gasteiger partial charge in [-0.3, -0.25) is 4.79 Å². The Kier molecular flexibility index (Phi) is 6.69. The fourth-order valence-corrected chi connectivity index (χ4v) is 3.27. The Morgan fingerprint density at radius 3 is 2.58 bits per heavy atom. The molecule has 10 heteroatoms. The minimum atomic E-state index is -0.547. The molecule has 1 amide bonds. The Bertz CT molecular complexity index is 1140. The van der Waals surface area contributed by atoms with Gasteiger partial charge >= 0.3 is 6.09 Å². The molecule has 0 atom stereocenters. The highest BCUT2D eigenvalue weighted by Crippen LogP contribution is 2.22. The van der Waals surface area contributed by atoms with E-state index in [4.69, 9.17) is 9.47 Å². The van der Waals surface area contributed by atoms with Crippen molar-refractivity contribution in [2.75, 3.05) is 11.8 Å². The van der Waals surface area contributed by atoms with Crippen molar-refractivity contribution in [3.63, 3.8) is 0 Å². The molecule has 9 nitrogen and oxygen atoms in total. The van der Waals surface area contributed by atoms with E-state index in [9.17, 15) is 9.59 Å². The van der Waals surface area contributed by atoms with E-state index in [1.807, 2.05) is 30.3 Å². The zero-order valence-electron chi connectivity index (χ0n) is 18.1. The van der Waals surface area contributed by atoms with Crippen molar-refractivity contribution in [3.8, 4) is 5.88 Å². The normalized spacial score (nSPS) is 11.3. The molecule has 164 valence electrons. The van der Waals surface area contributed by atoms with Crippen LogP contribution in [-0.4, -0.2) is 33.6 Å². The third-order valence-corrected chi connectivity index (χ3v) is 4.79. The number of methoxy groups -OCH3 is 1. The summed E-state index contributed by atoms with van der Waals surface area (Å²) in [7, 11) is 3.08. The quantitative estimate of drug-likeness (QED) is 0.558. The van der Waals surface area contributed by atoms with Crippen molar-refractivity contribution in [2.24, 2.45) is 7.05 Å². The molecule has 0 spiro atoms. The molecule has 2 N–H and O–H groups in total. The smallest absolute Gasteiger partial charge is 0.419 e. The summed E-state index contributed by atoms with van der Waals surface area (Å²) in [5.74, 6) is 0.290. The van der Waals surface area contributed by atoms with Crippen LogP contribution in [0.3, 0.4) is 0 Å². The van der Waals surface area contributed by atoms with Gasteiger partial charge in [-0.2, -0.15) is 5.10 Å². The number of aryl methyl sites for hydroxylation is 1. The highest BCUT2D eigenvalue weighted by atomic mass is 32.2. The number of ether oxygens (including phenoxy) is 2. The van der Waals surface area contributed by atoms with Crippen LogP contribution in [0.4, 0.5) is 10.5 Å². The lowest BCUT2D eigenvalue weighted by Crippen LogP contribution is -2.29. The Morgan fingerprint density at radius 1 is 1.23 bits per heavy atom. The van der Waals surface area contributed by atoms with Crippen molar-refractivity contribution in [2.45, 2.75) is 32.8 Å². The summed E-state index contributed by atoms with van der Waals surface area (Å²) in [5.41, 5.74) is 1.82. The molecule has 0 unspecified atom stereocenters. The van der Waals surface area contributed by atoms with E-state index in [0.29, 0.717) is 23.1 Å². The van der Waals surface area contributed by atoms with Crippen LogP contribution in [0.1, 0.15) is 32.0 Å². The van der Waals surface area contributed by atoms with Gasteiger partial charge < -0.3 is 14.2 Å². The standard InChI is InChI=1S/C21H25N5O4S/c1-21(2,3)30-20(28)25-31-24-15-8-6-13(7-9-15)10-16-11-14-12-22-26(4)19(27)17(14)18(23-16)29-5/h6-9,11-12,24H,10H2,1-5H3,(H,25,28). The lowest BCUT2D eigenvalue weighted by atomic mass is 10.1. The second-order valence-electron chi connectivity index (χ2n) is 7.84. The fourth-order valence-electron chi connectivity index (χ4n) is 2.84.